The van der Waals surface area contributed by atoms with Crippen LogP contribution in [0.15, 0.2) is 47.9 Å². The number of hydrogen-bond donors (Lipinski definition) is 2. The zero-order chi connectivity index (χ0) is 21.7. The number of nitrogens with zero attached hydrogens (tertiary/aromatic N) is 1. The molecule has 9 heteroatoms. The van der Waals surface area contributed by atoms with Crippen LogP contribution in [-0.2, 0) is 27.7 Å². The van der Waals surface area contributed by atoms with Crippen LogP contribution in [0.1, 0.15) is 33.0 Å². The van der Waals surface area contributed by atoms with Crippen molar-refractivity contribution in [1.82, 2.24) is 9.62 Å². The molecule has 30 heavy (non-hydrogen) atoms. The van der Waals surface area contributed by atoms with Gasteiger partial charge in [-0.3, -0.25) is 9.59 Å². The number of aryl methyl sites for hydroxylation is 2. The highest BCUT2D eigenvalue weighted by Crippen LogP contribution is 2.31. The van der Waals surface area contributed by atoms with Gasteiger partial charge in [0.15, 0.2) is 0 Å². The van der Waals surface area contributed by atoms with Gasteiger partial charge in [-0.05, 0) is 67.7 Å². The number of carbonyl (C=O) groups excluding carboxylic acids is 2. The van der Waals surface area contributed by atoms with E-state index in [1.165, 1.54) is 51.3 Å². The quantitative estimate of drug-likeness (QED) is 0.456. The summed E-state index contributed by atoms with van der Waals surface area (Å²) < 4.78 is 26.6. The first kappa shape index (κ1) is 22.2. The van der Waals surface area contributed by atoms with Crippen molar-refractivity contribution in [1.29, 1.82) is 0 Å². The highest BCUT2D eigenvalue weighted by molar-refractivity contribution is 7.89. The second-order valence-electron chi connectivity index (χ2n) is 7.07. The Morgan fingerprint density at radius 3 is 2.63 bits per heavy atom. The van der Waals surface area contributed by atoms with E-state index in [-0.39, 0.29) is 23.3 Å². The van der Waals surface area contributed by atoms with Crippen LogP contribution in [0, 0.1) is 0 Å². The van der Waals surface area contributed by atoms with Gasteiger partial charge in [-0.1, -0.05) is 6.58 Å². The minimum Gasteiger partial charge on any atom is -0.353 e. The zero-order valence-corrected chi connectivity index (χ0v) is 18.4. The molecule has 0 saturated carbocycles. The highest BCUT2D eigenvalue weighted by Gasteiger charge is 2.21. The molecule has 0 radical (unpaired) electrons. The number of benzene rings is 1. The summed E-state index contributed by atoms with van der Waals surface area (Å²) in [6.45, 7) is 3.99. The van der Waals surface area contributed by atoms with E-state index in [9.17, 15) is 18.0 Å². The summed E-state index contributed by atoms with van der Waals surface area (Å²) in [6.07, 6.45) is 4.87. The molecule has 1 aliphatic carbocycles. The van der Waals surface area contributed by atoms with Crippen molar-refractivity contribution in [2.75, 3.05) is 25.5 Å². The van der Waals surface area contributed by atoms with E-state index in [0.717, 1.165) is 19.3 Å². The Morgan fingerprint density at radius 1 is 1.23 bits per heavy atom. The van der Waals surface area contributed by atoms with Crippen molar-refractivity contribution in [2.24, 2.45) is 0 Å². The summed E-state index contributed by atoms with van der Waals surface area (Å²) >= 11 is 1.53. The molecular weight excluding hydrogens is 422 g/mol. The van der Waals surface area contributed by atoms with Crippen LogP contribution in [0.25, 0.3) is 0 Å². The summed E-state index contributed by atoms with van der Waals surface area (Å²) in [5.41, 5.74) is 1.81. The summed E-state index contributed by atoms with van der Waals surface area (Å²) in [7, 11) is -2.15. The molecule has 160 valence electrons. The number of sulfonamides is 1. The molecule has 0 spiro atoms. The number of rotatable bonds is 9. The number of nitrogens with one attached hydrogen (secondary N) is 2. The number of hydrogen-bond acceptors (Lipinski definition) is 5. The molecule has 2 N–H and O–H groups in total. The normalized spacial score (nSPS) is 13.1. The SMILES string of the molecule is C=CC(=O)NCCCN(C)S(=O)(=O)c1ccc(NC(=O)c2cc3c(s2)CCC3)cc1. The molecule has 3 rings (SSSR count). The largest absolute Gasteiger partial charge is 0.353 e. The Kier molecular flexibility index (Phi) is 7.06. The number of amides is 2. The molecule has 2 aromatic rings. The Morgan fingerprint density at radius 2 is 1.97 bits per heavy atom. The summed E-state index contributed by atoms with van der Waals surface area (Å²) in [6, 6.07) is 8.09. The van der Waals surface area contributed by atoms with Gasteiger partial charge in [-0.25, -0.2) is 12.7 Å². The molecule has 0 fully saturated rings. The Hall–Kier alpha value is -2.49. The van der Waals surface area contributed by atoms with Crippen molar-refractivity contribution in [2.45, 2.75) is 30.6 Å². The van der Waals surface area contributed by atoms with Crippen molar-refractivity contribution < 1.29 is 18.0 Å². The number of carbonyl (C=O) groups is 2. The maximum atomic E-state index is 12.7. The summed E-state index contributed by atoms with van der Waals surface area (Å²) in [5.74, 6) is -0.464. The predicted molar refractivity (Wildman–Crippen MR) is 118 cm³/mol. The van der Waals surface area contributed by atoms with Gasteiger partial charge in [-0.15, -0.1) is 11.3 Å². The molecular formula is C21H25N3O4S2. The molecule has 0 saturated heterocycles. The van der Waals surface area contributed by atoms with E-state index in [2.05, 4.69) is 17.2 Å². The van der Waals surface area contributed by atoms with Crippen molar-refractivity contribution >= 4 is 38.9 Å². The minimum atomic E-state index is -3.65. The molecule has 1 heterocycles. The number of fused-ring (bicyclic) bond motifs is 1. The lowest BCUT2D eigenvalue weighted by Gasteiger charge is -2.17. The molecule has 2 amide bonds. The van der Waals surface area contributed by atoms with Gasteiger partial charge in [0.1, 0.15) is 0 Å². The van der Waals surface area contributed by atoms with E-state index >= 15 is 0 Å². The van der Waals surface area contributed by atoms with Gasteiger partial charge in [0.2, 0.25) is 15.9 Å². The third kappa shape index (κ3) is 5.16. The average molecular weight is 448 g/mol. The van der Waals surface area contributed by atoms with Crippen LogP contribution in [0.4, 0.5) is 5.69 Å². The Bertz CT molecular complexity index is 1020. The lowest BCUT2D eigenvalue weighted by molar-refractivity contribution is -0.116. The standard InChI is InChI=1S/C21H25N3O4S2/c1-3-20(25)22-12-5-13-24(2)30(27,28)17-10-8-16(9-11-17)23-21(26)19-14-15-6-4-7-18(15)29-19/h3,8-11,14H,1,4-7,12-13H2,2H3,(H,22,25)(H,23,26). The molecule has 1 aliphatic rings. The average Bonchev–Trinajstić information content (AvgIpc) is 3.33. The highest BCUT2D eigenvalue weighted by atomic mass is 32.2. The number of thiophene rings is 1. The van der Waals surface area contributed by atoms with Crippen LogP contribution >= 0.6 is 11.3 Å². The molecule has 0 atom stereocenters. The van der Waals surface area contributed by atoms with Gasteiger partial charge in [-0.2, -0.15) is 0 Å². The number of anilines is 1. The fraction of sp³-hybridized carbons (Fsp3) is 0.333. The molecule has 0 aliphatic heterocycles. The van der Waals surface area contributed by atoms with E-state index in [4.69, 9.17) is 0 Å². The van der Waals surface area contributed by atoms with Crippen molar-refractivity contribution in [3.63, 3.8) is 0 Å². The van der Waals surface area contributed by atoms with Crippen molar-refractivity contribution in [3.8, 4) is 0 Å². The van der Waals surface area contributed by atoms with Crippen LogP contribution < -0.4 is 10.6 Å². The first-order valence-corrected chi connectivity index (χ1v) is 12.0. The first-order chi connectivity index (χ1) is 14.3. The smallest absolute Gasteiger partial charge is 0.265 e. The van der Waals surface area contributed by atoms with Crippen LogP contribution in [0.5, 0.6) is 0 Å². The van der Waals surface area contributed by atoms with Crippen LogP contribution in [-0.4, -0.2) is 44.7 Å². The van der Waals surface area contributed by atoms with E-state index in [0.29, 0.717) is 23.5 Å². The second kappa shape index (κ2) is 9.55. The lowest BCUT2D eigenvalue weighted by Crippen LogP contribution is -2.31. The molecule has 1 aromatic carbocycles. The molecule has 0 unspecified atom stereocenters. The molecule has 0 bridgehead atoms. The van der Waals surface area contributed by atoms with Gasteiger partial charge in [0.25, 0.3) is 5.91 Å². The van der Waals surface area contributed by atoms with E-state index < -0.39 is 10.0 Å². The summed E-state index contributed by atoms with van der Waals surface area (Å²) in [5, 5.41) is 5.44. The third-order valence-corrected chi connectivity index (χ3v) is 8.03. The maximum Gasteiger partial charge on any atom is 0.265 e. The lowest BCUT2D eigenvalue weighted by atomic mass is 10.2. The van der Waals surface area contributed by atoms with Gasteiger partial charge in [0, 0.05) is 30.7 Å². The zero-order valence-electron chi connectivity index (χ0n) is 16.8. The van der Waals surface area contributed by atoms with Gasteiger partial charge in [0.05, 0.1) is 9.77 Å². The van der Waals surface area contributed by atoms with Gasteiger partial charge < -0.3 is 10.6 Å². The topological polar surface area (TPSA) is 95.6 Å². The van der Waals surface area contributed by atoms with Gasteiger partial charge >= 0.3 is 0 Å². The van der Waals surface area contributed by atoms with E-state index in [1.807, 2.05) is 6.07 Å². The fourth-order valence-electron chi connectivity index (χ4n) is 3.23. The van der Waals surface area contributed by atoms with Crippen LogP contribution in [0.3, 0.4) is 0 Å². The monoisotopic (exact) mass is 447 g/mol. The fourth-order valence-corrected chi connectivity index (χ4v) is 5.59. The minimum absolute atomic E-state index is 0.147. The van der Waals surface area contributed by atoms with E-state index in [1.54, 1.807) is 12.1 Å². The van der Waals surface area contributed by atoms with Crippen LogP contribution in [0.2, 0.25) is 0 Å². The maximum absolute atomic E-state index is 12.7. The predicted octanol–water partition coefficient (Wildman–Crippen LogP) is 2.80. The Balaban J connectivity index is 1.57. The Labute approximate surface area is 180 Å². The summed E-state index contributed by atoms with van der Waals surface area (Å²) in [4.78, 5) is 25.7. The molecule has 7 nitrogen and oxygen atoms in total. The molecule has 1 aromatic heterocycles. The second-order valence-corrected chi connectivity index (χ2v) is 10.2. The third-order valence-electron chi connectivity index (χ3n) is 4.93. The first-order valence-electron chi connectivity index (χ1n) is 9.71. The van der Waals surface area contributed by atoms with Crippen molar-refractivity contribution in [3.05, 3.63) is 58.3 Å².